The Balaban J connectivity index is 0.000000500. The highest BCUT2D eigenvalue weighted by Gasteiger charge is 1.89. The molecule has 0 amide bonds. The van der Waals surface area contributed by atoms with Crippen molar-refractivity contribution in [3.8, 4) is 0 Å². The molecule has 10 heavy (non-hydrogen) atoms. The second kappa shape index (κ2) is 3.30. The van der Waals surface area contributed by atoms with Gasteiger partial charge in [0.1, 0.15) is 0 Å². The number of hydrogen-bond donors (Lipinski definition) is 0. The lowest BCUT2D eigenvalue weighted by Gasteiger charge is -1.80. The molecule has 52 valence electrons. The molecule has 0 saturated heterocycles. The predicted octanol–water partition coefficient (Wildman–Crippen LogP) is -1.24. The number of thiazole rings is 1. The molecule has 0 aliphatic rings. The maximum atomic E-state index is 4.14. The second-order valence-corrected chi connectivity index (χ2v) is 2.71. The van der Waals surface area contributed by atoms with Gasteiger partial charge in [0.15, 0.2) is 0 Å². The molecule has 0 saturated carbocycles. The van der Waals surface area contributed by atoms with Gasteiger partial charge in [0.2, 0.25) is 24.0 Å². The highest BCUT2D eigenvalue weighted by molar-refractivity contribution is 7.16. The fourth-order valence-electron chi connectivity index (χ4n) is 0.803. The Morgan fingerprint density at radius 2 is 2.00 bits per heavy atom. The lowest BCUT2D eigenvalue weighted by Crippen LogP contribution is -3.00. The molecule has 1 aromatic heterocycles. The zero-order chi connectivity index (χ0) is 6.10. The van der Waals surface area contributed by atoms with Crippen LogP contribution in [0.2, 0.25) is 0 Å². The van der Waals surface area contributed by atoms with Gasteiger partial charge in [0.05, 0.1) is 15.7 Å². The van der Waals surface area contributed by atoms with Gasteiger partial charge in [0, 0.05) is 0 Å². The van der Waals surface area contributed by atoms with E-state index in [0.717, 1.165) is 5.52 Å². The summed E-state index contributed by atoms with van der Waals surface area (Å²) >= 11 is 1.68. The van der Waals surface area contributed by atoms with Gasteiger partial charge in [-0.3, -0.25) is 0 Å². The fraction of sp³-hybridized carbons (Fsp3) is 0. The Morgan fingerprint density at radius 3 is 2.80 bits per heavy atom. The molecular formula is C7H7INS+. The Kier molecular flexibility index (Phi) is 2.62. The van der Waals surface area contributed by atoms with Crippen molar-refractivity contribution in [2.75, 3.05) is 0 Å². The van der Waals surface area contributed by atoms with Crippen LogP contribution in [0.25, 0.3) is 10.2 Å². The quantitative estimate of drug-likeness (QED) is 0.543. The number of rotatable bonds is 0. The van der Waals surface area contributed by atoms with Crippen LogP contribution >= 0.6 is 11.3 Å². The van der Waals surface area contributed by atoms with E-state index < -0.39 is 0 Å². The van der Waals surface area contributed by atoms with Crippen LogP contribution < -0.4 is 24.0 Å². The summed E-state index contributed by atoms with van der Waals surface area (Å²) in [7, 11) is 0. The summed E-state index contributed by atoms with van der Waals surface area (Å²) in [6.45, 7) is 0. The number of aromatic nitrogens is 1. The maximum Gasteiger partial charge on any atom is 0.235 e. The lowest BCUT2D eigenvalue weighted by atomic mass is 10.3. The number of halogens is 1. The van der Waals surface area contributed by atoms with Gasteiger partial charge < -0.3 is 0 Å². The van der Waals surface area contributed by atoms with Gasteiger partial charge in [0.25, 0.3) is 0 Å². The van der Waals surface area contributed by atoms with Gasteiger partial charge in [-0.1, -0.05) is 12.1 Å². The number of nitrogens with zero attached hydrogens (tertiary/aromatic N) is 1. The highest BCUT2D eigenvalue weighted by Crippen LogP contribution is 2.15. The SMILES string of the molecule is [IH2+].c1ccc2scnc2c1. The van der Waals surface area contributed by atoms with E-state index in [0.29, 0.717) is 0 Å². The van der Waals surface area contributed by atoms with E-state index in [4.69, 9.17) is 0 Å². The Bertz CT molecular complexity index is 288. The van der Waals surface area contributed by atoms with Crippen molar-refractivity contribution >= 4 is 21.6 Å². The van der Waals surface area contributed by atoms with Crippen LogP contribution in [0.5, 0.6) is 0 Å². The normalized spacial score (nSPS) is 9.20. The van der Waals surface area contributed by atoms with Crippen molar-refractivity contribution in [1.82, 2.24) is 4.98 Å². The molecule has 1 nitrogen and oxygen atoms in total. The van der Waals surface area contributed by atoms with Crippen molar-refractivity contribution in [2.45, 2.75) is 0 Å². The van der Waals surface area contributed by atoms with Crippen LogP contribution in [0, 0.1) is 0 Å². The van der Waals surface area contributed by atoms with Crippen molar-refractivity contribution in [3.63, 3.8) is 0 Å². The summed E-state index contributed by atoms with van der Waals surface area (Å²) in [5.74, 6) is 0. The molecule has 0 N–H and O–H groups in total. The maximum absolute atomic E-state index is 4.14. The monoisotopic (exact) mass is 264 g/mol. The molecule has 0 unspecified atom stereocenters. The zero-order valence-electron chi connectivity index (χ0n) is 5.19. The number of para-hydroxylation sites is 1. The van der Waals surface area contributed by atoms with Crippen LogP contribution in [0.15, 0.2) is 29.8 Å². The van der Waals surface area contributed by atoms with E-state index in [1.807, 2.05) is 23.7 Å². The molecule has 0 atom stereocenters. The highest BCUT2D eigenvalue weighted by atomic mass is 127. The molecule has 1 heterocycles. The minimum atomic E-state index is 0. The van der Waals surface area contributed by atoms with Crippen LogP contribution in [-0.2, 0) is 0 Å². The lowest BCUT2D eigenvalue weighted by molar-refractivity contribution is -0.00000172. The first-order chi connectivity index (χ1) is 4.47. The summed E-state index contributed by atoms with van der Waals surface area (Å²) in [6.07, 6.45) is 0. The van der Waals surface area contributed by atoms with Crippen molar-refractivity contribution in [3.05, 3.63) is 29.8 Å². The summed E-state index contributed by atoms with van der Waals surface area (Å²) in [4.78, 5) is 4.14. The average molecular weight is 264 g/mol. The first-order valence-electron chi connectivity index (χ1n) is 2.75. The van der Waals surface area contributed by atoms with E-state index >= 15 is 0 Å². The van der Waals surface area contributed by atoms with Crippen molar-refractivity contribution in [1.29, 1.82) is 0 Å². The molecule has 0 fully saturated rings. The summed E-state index contributed by atoms with van der Waals surface area (Å²) < 4.78 is 1.26. The molecule has 0 bridgehead atoms. The average Bonchev–Trinajstić information content (AvgIpc) is 2.33. The zero-order valence-corrected chi connectivity index (χ0v) is 8.56. The molecule has 2 rings (SSSR count). The molecule has 3 heteroatoms. The third-order valence-electron chi connectivity index (χ3n) is 1.24. The molecule has 0 radical (unpaired) electrons. The summed E-state index contributed by atoms with van der Waals surface area (Å²) in [6, 6.07) is 8.13. The molecule has 2 aromatic rings. The van der Waals surface area contributed by atoms with Gasteiger partial charge in [-0.05, 0) is 12.1 Å². The number of benzene rings is 1. The largest absolute Gasteiger partial charge is 0.245 e. The molecule has 1 aromatic carbocycles. The van der Waals surface area contributed by atoms with Crippen LogP contribution in [0.3, 0.4) is 0 Å². The van der Waals surface area contributed by atoms with Gasteiger partial charge >= 0.3 is 0 Å². The van der Waals surface area contributed by atoms with E-state index in [1.54, 1.807) is 11.3 Å². The smallest absolute Gasteiger partial charge is 0.235 e. The number of fused-ring (bicyclic) bond motifs is 1. The Labute approximate surface area is 80.1 Å². The molecule has 0 spiro atoms. The van der Waals surface area contributed by atoms with E-state index in [1.165, 1.54) is 4.70 Å². The van der Waals surface area contributed by atoms with E-state index in [-0.39, 0.29) is 24.0 Å². The third-order valence-corrected chi connectivity index (χ3v) is 2.05. The Hall–Kier alpha value is -0.160. The molecule has 0 aliphatic heterocycles. The standard InChI is InChI=1S/C7H5NS.H2I/c1-2-4-7-6(3-1)8-5-9-7;/h1-5H;1H2/q;+1. The molecular weight excluding hydrogens is 257 g/mol. The van der Waals surface area contributed by atoms with Gasteiger partial charge in [-0.25, -0.2) is 4.98 Å². The first-order valence-corrected chi connectivity index (χ1v) is 3.63. The van der Waals surface area contributed by atoms with Crippen LogP contribution in [0.1, 0.15) is 0 Å². The van der Waals surface area contributed by atoms with Gasteiger partial charge in [-0.15, -0.1) is 11.3 Å². The third kappa shape index (κ3) is 1.29. The second-order valence-electron chi connectivity index (χ2n) is 1.82. The summed E-state index contributed by atoms with van der Waals surface area (Å²) in [5, 5.41) is 0. The minimum absolute atomic E-state index is 0. The van der Waals surface area contributed by atoms with E-state index in [9.17, 15) is 0 Å². The minimum Gasteiger partial charge on any atom is -0.245 e. The fourth-order valence-corrected chi connectivity index (χ4v) is 1.48. The van der Waals surface area contributed by atoms with Crippen molar-refractivity contribution < 1.29 is 24.0 Å². The Morgan fingerprint density at radius 1 is 1.20 bits per heavy atom. The molecule has 0 aliphatic carbocycles. The predicted molar refractivity (Wildman–Crippen MR) is 42.4 cm³/mol. The topological polar surface area (TPSA) is 12.9 Å². The van der Waals surface area contributed by atoms with Crippen molar-refractivity contribution in [2.24, 2.45) is 0 Å². The number of hydrogen-bond acceptors (Lipinski definition) is 2. The summed E-state index contributed by atoms with van der Waals surface area (Å²) in [5.41, 5.74) is 2.97. The van der Waals surface area contributed by atoms with E-state index in [2.05, 4.69) is 11.1 Å². The van der Waals surface area contributed by atoms with Crippen LogP contribution in [0.4, 0.5) is 0 Å². The van der Waals surface area contributed by atoms with Crippen LogP contribution in [-0.4, -0.2) is 4.98 Å². The first kappa shape index (κ1) is 7.94. The van der Waals surface area contributed by atoms with Gasteiger partial charge in [-0.2, -0.15) is 0 Å².